The zero-order valence-electron chi connectivity index (χ0n) is 17.0. The number of piperazine rings is 1. The van der Waals surface area contributed by atoms with Gasteiger partial charge >= 0.3 is 0 Å². The molecular formula is C21H32N4O2S. The van der Waals surface area contributed by atoms with Gasteiger partial charge in [0.1, 0.15) is 0 Å². The zero-order chi connectivity index (χ0) is 19.7. The molecule has 1 N–H and O–H groups in total. The van der Waals surface area contributed by atoms with Crippen LogP contribution in [0.3, 0.4) is 0 Å². The van der Waals surface area contributed by atoms with E-state index in [4.69, 9.17) is 0 Å². The third-order valence-electron chi connectivity index (χ3n) is 6.42. The summed E-state index contributed by atoms with van der Waals surface area (Å²) in [6.07, 6.45) is 4.19. The third kappa shape index (κ3) is 4.26. The number of carbonyl (C=O) groups is 2. The standard InChI is InChI=1S/C21H32N4O2S/c1-3-18-17-7-13-28-19(17)6-8-25(18)20(26)14-23-9-11-24(12-10-23)15(2)21(27)22-16-4-5-16/h7,13,15-16,18H,3-6,8-12,14H2,1-2H3,(H,22,27). The predicted octanol–water partition coefficient (Wildman–Crippen LogP) is 1.87. The molecule has 2 amide bonds. The van der Waals surface area contributed by atoms with Crippen molar-refractivity contribution in [3.63, 3.8) is 0 Å². The molecule has 1 aromatic rings. The molecule has 1 aromatic heterocycles. The highest BCUT2D eigenvalue weighted by molar-refractivity contribution is 7.10. The molecular weight excluding hydrogens is 372 g/mol. The Labute approximate surface area is 171 Å². The maximum absolute atomic E-state index is 13.0. The number of thiophene rings is 1. The fourth-order valence-corrected chi connectivity index (χ4v) is 5.37. The van der Waals surface area contributed by atoms with Gasteiger partial charge in [-0.1, -0.05) is 6.92 Å². The molecule has 6 nitrogen and oxygen atoms in total. The zero-order valence-corrected chi connectivity index (χ0v) is 17.8. The van der Waals surface area contributed by atoms with Crippen molar-refractivity contribution >= 4 is 23.2 Å². The van der Waals surface area contributed by atoms with Crippen molar-refractivity contribution in [3.05, 3.63) is 21.9 Å². The largest absolute Gasteiger partial charge is 0.352 e. The van der Waals surface area contributed by atoms with Crippen molar-refractivity contribution < 1.29 is 9.59 Å². The quantitative estimate of drug-likeness (QED) is 0.787. The molecule has 28 heavy (non-hydrogen) atoms. The molecule has 2 aliphatic heterocycles. The van der Waals surface area contributed by atoms with E-state index in [2.05, 4.69) is 38.4 Å². The summed E-state index contributed by atoms with van der Waals surface area (Å²) in [5, 5.41) is 5.25. The summed E-state index contributed by atoms with van der Waals surface area (Å²) in [4.78, 5) is 33.3. The van der Waals surface area contributed by atoms with Crippen molar-refractivity contribution in [1.82, 2.24) is 20.0 Å². The average molecular weight is 405 g/mol. The van der Waals surface area contributed by atoms with E-state index in [0.717, 1.165) is 58.4 Å². The van der Waals surface area contributed by atoms with Crippen LogP contribution in [0.1, 0.15) is 49.6 Å². The molecule has 1 saturated carbocycles. The van der Waals surface area contributed by atoms with Crippen LogP contribution in [0.2, 0.25) is 0 Å². The summed E-state index contributed by atoms with van der Waals surface area (Å²) in [7, 11) is 0. The number of amides is 2. The number of rotatable bonds is 6. The molecule has 0 aromatic carbocycles. The van der Waals surface area contributed by atoms with Crippen LogP contribution in [0.5, 0.6) is 0 Å². The van der Waals surface area contributed by atoms with Crippen LogP contribution in [-0.4, -0.2) is 77.9 Å². The molecule has 0 radical (unpaired) electrons. The van der Waals surface area contributed by atoms with Crippen LogP contribution in [-0.2, 0) is 16.0 Å². The van der Waals surface area contributed by atoms with E-state index in [-0.39, 0.29) is 23.9 Å². The lowest BCUT2D eigenvalue weighted by atomic mass is 9.97. The number of fused-ring (bicyclic) bond motifs is 1. The van der Waals surface area contributed by atoms with Crippen molar-refractivity contribution in [2.24, 2.45) is 0 Å². The van der Waals surface area contributed by atoms with Crippen molar-refractivity contribution in [3.8, 4) is 0 Å². The minimum atomic E-state index is -0.0815. The minimum absolute atomic E-state index is 0.0815. The first-order valence-corrected chi connectivity index (χ1v) is 11.6. The number of nitrogens with zero attached hydrogens (tertiary/aromatic N) is 3. The summed E-state index contributed by atoms with van der Waals surface area (Å²) >= 11 is 1.82. The Morgan fingerprint density at radius 1 is 1.21 bits per heavy atom. The van der Waals surface area contributed by atoms with Gasteiger partial charge in [-0.25, -0.2) is 0 Å². The normalized spacial score (nSPS) is 24.6. The fourth-order valence-electron chi connectivity index (χ4n) is 4.44. The second-order valence-electron chi connectivity index (χ2n) is 8.33. The molecule has 0 bridgehead atoms. The topological polar surface area (TPSA) is 55.9 Å². The lowest BCUT2D eigenvalue weighted by molar-refractivity contribution is -0.136. The molecule has 3 aliphatic rings. The average Bonchev–Trinajstić information content (AvgIpc) is 3.39. The van der Waals surface area contributed by atoms with E-state index in [1.54, 1.807) is 0 Å². The van der Waals surface area contributed by atoms with Crippen LogP contribution in [0.4, 0.5) is 0 Å². The van der Waals surface area contributed by atoms with Crippen LogP contribution < -0.4 is 5.32 Å². The van der Waals surface area contributed by atoms with Gasteiger partial charge in [0, 0.05) is 43.6 Å². The second-order valence-corrected chi connectivity index (χ2v) is 9.33. The van der Waals surface area contributed by atoms with E-state index in [0.29, 0.717) is 12.6 Å². The van der Waals surface area contributed by atoms with Gasteiger partial charge in [-0.3, -0.25) is 19.4 Å². The van der Waals surface area contributed by atoms with E-state index < -0.39 is 0 Å². The summed E-state index contributed by atoms with van der Waals surface area (Å²) < 4.78 is 0. The Morgan fingerprint density at radius 3 is 2.64 bits per heavy atom. The lowest BCUT2D eigenvalue weighted by Gasteiger charge is -2.40. The predicted molar refractivity (Wildman–Crippen MR) is 111 cm³/mol. The van der Waals surface area contributed by atoms with Crippen molar-refractivity contribution in [2.75, 3.05) is 39.3 Å². The van der Waals surface area contributed by atoms with E-state index in [1.807, 2.05) is 18.3 Å². The first-order valence-electron chi connectivity index (χ1n) is 10.7. The van der Waals surface area contributed by atoms with E-state index >= 15 is 0 Å². The smallest absolute Gasteiger partial charge is 0.237 e. The Bertz CT molecular complexity index is 709. The minimum Gasteiger partial charge on any atom is -0.352 e. The van der Waals surface area contributed by atoms with Gasteiger partial charge in [0.15, 0.2) is 0 Å². The first kappa shape index (κ1) is 19.9. The van der Waals surface area contributed by atoms with Gasteiger partial charge in [-0.15, -0.1) is 11.3 Å². The van der Waals surface area contributed by atoms with Crippen LogP contribution in [0.25, 0.3) is 0 Å². The van der Waals surface area contributed by atoms with Crippen LogP contribution in [0, 0.1) is 0 Å². The lowest BCUT2D eigenvalue weighted by Crippen LogP contribution is -2.55. The molecule has 2 fully saturated rings. The number of hydrogen-bond acceptors (Lipinski definition) is 5. The summed E-state index contributed by atoms with van der Waals surface area (Å²) in [6, 6.07) is 2.76. The van der Waals surface area contributed by atoms with Crippen molar-refractivity contribution in [1.29, 1.82) is 0 Å². The highest BCUT2D eigenvalue weighted by Gasteiger charge is 2.33. The molecule has 2 unspecified atom stereocenters. The monoisotopic (exact) mass is 404 g/mol. The molecule has 7 heteroatoms. The second kappa shape index (κ2) is 8.51. The Morgan fingerprint density at radius 2 is 1.96 bits per heavy atom. The Kier molecular flexibility index (Phi) is 6.04. The molecule has 2 atom stereocenters. The maximum Gasteiger partial charge on any atom is 0.237 e. The van der Waals surface area contributed by atoms with Crippen molar-refractivity contribution in [2.45, 2.75) is 57.7 Å². The SMILES string of the molecule is CCC1c2ccsc2CCN1C(=O)CN1CCN(C(C)C(=O)NC2CC2)CC1. The number of carbonyl (C=O) groups excluding carboxylic acids is 2. The Hall–Kier alpha value is -1.44. The van der Waals surface area contributed by atoms with Crippen LogP contribution in [0.15, 0.2) is 11.4 Å². The molecule has 0 spiro atoms. The van der Waals surface area contributed by atoms with E-state index in [9.17, 15) is 9.59 Å². The summed E-state index contributed by atoms with van der Waals surface area (Å²) in [5.41, 5.74) is 1.35. The van der Waals surface area contributed by atoms with Gasteiger partial charge in [-0.05, 0) is 49.6 Å². The van der Waals surface area contributed by atoms with E-state index in [1.165, 1.54) is 10.4 Å². The molecule has 1 saturated heterocycles. The maximum atomic E-state index is 13.0. The fraction of sp³-hybridized carbons (Fsp3) is 0.714. The highest BCUT2D eigenvalue weighted by atomic mass is 32.1. The van der Waals surface area contributed by atoms with Crippen LogP contribution >= 0.6 is 11.3 Å². The molecule has 1 aliphatic carbocycles. The Balaban J connectivity index is 1.27. The summed E-state index contributed by atoms with van der Waals surface area (Å²) in [5.74, 6) is 0.398. The first-order chi connectivity index (χ1) is 13.6. The van der Waals surface area contributed by atoms with Gasteiger partial charge in [0.05, 0.1) is 18.6 Å². The molecule has 4 rings (SSSR count). The van der Waals surface area contributed by atoms with Gasteiger partial charge in [0.2, 0.25) is 11.8 Å². The number of hydrogen-bond donors (Lipinski definition) is 1. The molecule has 3 heterocycles. The number of nitrogens with one attached hydrogen (secondary N) is 1. The molecule has 154 valence electrons. The van der Waals surface area contributed by atoms with Gasteiger partial charge in [0.25, 0.3) is 0 Å². The highest BCUT2D eigenvalue weighted by Crippen LogP contribution is 2.35. The van der Waals surface area contributed by atoms with Gasteiger partial charge < -0.3 is 10.2 Å². The third-order valence-corrected chi connectivity index (χ3v) is 7.42. The summed E-state index contributed by atoms with van der Waals surface area (Å²) in [6.45, 7) is 8.88. The van der Waals surface area contributed by atoms with Gasteiger partial charge in [-0.2, -0.15) is 0 Å².